The second kappa shape index (κ2) is 3.10. The van der Waals surface area contributed by atoms with Crippen LogP contribution in [0.3, 0.4) is 0 Å². The van der Waals surface area contributed by atoms with Gasteiger partial charge in [-0.15, -0.1) is 22.9 Å². The van der Waals surface area contributed by atoms with Crippen molar-refractivity contribution in [2.75, 3.05) is 5.73 Å². The summed E-state index contributed by atoms with van der Waals surface area (Å²) in [5.41, 5.74) is 4.13. The third kappa shape index (κ3) is 1.81. The van der Waals surface area contributed by atoms with Crippen LogP contribution in [0.15, 0.2) is 0 Å². The Morgan fingerprint density at radius 3 is 2.42 bits per heavy atom. The lowest BCUT2D eigenvalue weighted by atomic mass is 10.4. The number of nitrogens with two attached hydrogens (primary N) is 1. The van der Waals surface area contributed by atoms with Crippen LogP contribution in [0, 0.1) is 0 Å². The van der Waals surface area contributed by atoms with Gasteiger partial charge in [-0.1, -0.05) is 0 Å². The zero-order valence-corrected chi connectivity index (χ0v) is 7.22. The van der Waals surface area contributed by atoms with E-state index < -0.39 is 11.9 Å². The molecule has 2 N–H and O–H groups in total. The highest BCUT2D eigenvalue weighted by Crippen LogP contribution is 2.35. The van der Waals surface area contributed by atoms with E-state index in [0.29, 0.717) is 0 Å². The van der Waals surface area contributed by atoms with Gasteiger partial charge in [0.25, 0.3) is 0 Å². The molecule has 0 aromatic carbocycles. The average Bonchev–Trinajstić information content (AvgIpc) is 2.29. The fourth-order valence-corrected chi connectivity index (χ4v) is 1.67. The highest BCUT2D eigenvalue weighted by molar-refractivity contribution is 7.15. The van der Waals surface area contributed by atoms with Crippen molar-refractivity contribution in [3.8, 4) is 0 Å². The first-order valence-corrected chi connectivity index (χ1v) is 4.18. The fourth-order valence-electron chi connectivity index (χ4n) is 0.682. The van der Waals surface area contributed by atoms with Crippen molar-refractivity contribution in [3.05, 3.63) is 10.6 Å². The fraction of sp³-hybridized carbons (Fsp3) is 0.400. The number of aromatic nitrogens is 1. The van der Waals surface area contributed by atoms with Gasteiger partial charge in [-0.2, -0.15) is 13.2 Å². The van der Waals surface area contributed by atoms with Crippen molar-refractivity contribution in [1.82, 2.24) is 4.98 Å². The minimum atomic E-state index is -4.46. The van der Waals surface area contributed by atoms with Crippen LogP contribution in [0.2, 0.25) is 0 Å². The van der Waals surface area contributed by atoms with E-state index in [2.05, 4.69) is 4.98 Å². The van der Waals surface area contributed by atoms with Crippen LogP contribution >= 0.6 is 22.9 Å². The quantitative estimate of drug-likeness (QED) is 0.733. The van der Waals surface area contributed by atoms with E-state index >= 15 is 0 Å². The van der Waals surface area contributed by atoms with Gasteiger partial charge in [-0.3, -0.25) is 0 Å². The second-order valence-corrected chi connectivity index (χ2v) is 3.34. The van der Waals surface area contributed by atoms with E-state index in [4.69, 9.17) is 17.3 Å². The predicted molar refractivity (Wildman–Crippen MR) is 41.1 cm³/mol. The second-order valence-electron chi connectivity index (χ2n) is 1.96. The third-order valence-electron chi connectivity index (χ3n) is 1.10. The smallest absolute Gasteiger partial charge is 0.375 e. The summed E-state index contributed by atoms with van der Waals surface area (Å²) >= 11 is 6.02. The molecule has 12 heavy (non-hydrogen) atoms. The monoisotopic (exact) mass is 216 g/mol. The van der Waals surface area contributed by atoms with Crippen molar-refractivity contribution in [2.24, 2.45) is 0 Å². The zero-order chi connectivity index (χ0) is 9.35. The van der Waals surface area contributed by atoms with Gasteiger partial charge < -0.3 is 5.73 Å². The number of hydrogen-bond donors (Lipinski definition) is 1. The summed E-state index contributed by atoms with van der Waals surface area (Å²) in [5.74, 6) is -0.219. The first-order chi connectivity index (χ1) is 5.45. The van der Waals surface area contributed by atoms with Crippen LogP contribution < -0.4 is 5.73 Å². The van der Waals surface area contributed by atoms with E-state index in [1.165, 1.54) is 0 Å². The molecular weight excluding hydrogens is 213 g/mol. The number of nitrogen functional groups attached to an aromatic ring is 1. The molecule has 1 heterocycles. The lowest BCUT2D eigenvalue weighted by molar-refractivity contribution is -0.141. The van der Waals surface area contributed by atoms with Crippen molar-refractivity contribution in [2.45, 2.75) is 12.1 Å². The molecule has 0 aliphatic heterocycles. The molecule has 0 radical (unpaired) electrons. The largest absolute Gasteiger partial charge is 0.434 e. The SMILES string of the molecule is Nc1nc(C(F)(F)F)c(CCl)s1. The number of halogens is 4. The molecule has 0 saturated heterocycles. The predicted octanol–water partition coefficient (Wildman–Crippen LogP) is 2.48. The van der Waals surface area contributed by atoms with Crippen LogP contribution in [-0.2, 0) is 12.1 Å². The molecule has 0 atom stereocenters. The van der Waals surface area contributed by atoms with Gasteiger partial charge in [0, 0.05) is 0 Å². The summed E-state index contributed by atoms with van der Waals surface area (Å²) in [4.78, 5) is 3.10. The third-order valence-corrected chi connectivity index (χ3v) is 2.41. The Hall–Kier alpha value is -0.490. The minimum absolute atomic E-state index is 0.0401. The van der Waals surface area contributed by atoms with Crippen LogP contribution in [0.25, 0.3) is 0 Å². The molecule has 0 aliphatic rings. The molecule has 1 rings (SSSR count). The normalized spacial score (nSPS) is 12.0. The molecule has 1 aromatic heterocycles. The van der Waals surface area contributed by atoms with Crippen molar-refractivity contribution in [1.29, 1.82) is 0 Å². The van der Waals surface area contributed by atoms with E-state index in [0.717, 1.165) is 11.3 Å². The van der Waals surface area contributed by atoms with E-state index in [-0.39, 0.29) is 15.9 Å². The Balaban J connectivity index is 3.13. The molecule has 0 spiro atoms. The summed E-state index contributed by atoms with van der Waals surface area (Å²) < 4.78 is 36.2. The van der Waals surface area contributed by atoms with Crippen molar-refractivity contribution >= 4 is 28.1 Å². The lowest BCUT2D eigenvalue weighted by Crippen LogP contribution is -2.08. The van der Waals surface area contributed by atoms with Crippen LogP contribution in [0.1, 0.15) is 10.6 Å². The van der Waals surface area contributed by atoms with E-state index in [9.17, 15) is 13.2 Å². The van der Waals surface area contributed by atoms with Gasteiger partial charge >= 0.3 is 6.18 Å². The van der Waals surface area contributed by atoms with Gasteiger partial charge in [0.05, 0.1) is 10.8 Å². The highest BCUT2D eigenvalue weighted by atomic mass is 35.5. The van der Waals surface area contributed by atoms with E-state index in [1.54, 1.807) is 0 Å². The Kier molecular flexibility index (Phi) is 2.48. The summed E-state index contributed by atoms with van der Waals surface area (Å²) in [6.45, 7) is 0. The zero-order valence-electron chi connectivity index (χ0n) is 5.65. The molecule has 1 aromatic rings. The maximum absolute atomic E-state index is 12.1. The summed E-state index contributed by atoms with van der Waals surface area (Å²) in [5, 5.41) is -0.113. The summed E-state index contributed by atoms with van der Waals surface area (Å²) in [7, 11) is 0. The summed E-state index contributed by atoms with van der Waals surface area (Å²) in [6.07, 6.45) is -4.46. The highest BCUT2D eigenvalue weighted by Gasteiger charge is 2.36. The molecule has 0 fully saturated rings. The first kappa shape index (κ1) is 9.60. The number of alkyl halides is 4. The number of rotatable bonds is 1. The average molecular weight is 217 g/mol. The molecule has 2 nitrogen and oxygen atoms in total. The molecular formula is C5H4ClF3N2S. The lowest BCUT2D eigenvalue weighted by Gasteiger charge is -2.02. The molecule has 0 aliphatic carbocycles. The maximum Gasteiger partial charge on any atom is 0.434 e. The van der Waals surface area contributed by atoms with Crippen molar-refractivity contribution in [3.63, 3.8) is 0 Å². The number of anilines is 1. The van der Waals surface area contributed by atoms with Gasteiger partial charge in [-0.05, 0) is 0 Å². The molecule has 0 saturated carbocycles. The topological polar surface area (TPSA) is 38.9 Å². The van der Waals surface area contributed by atoms with Gasteiger partial charge in [0.1, 0.15) is 0 Å². The maximum atomic E-state index is 12.1. The Morgan fingerprint density at radius 1 is 1.50 bits per heavy atom. The number of nitrogens with zero attached hydrogens (tertiary/aromatic N) is 1. The summed E-state index contributed by atoms with van der Waals surface area (Å²) in [6, 6.07) is 0. The molecule has 68 valence electrons. The standard InChI is InChI=1S/C5H4ClF3N2S/c6-1-2-3(5(7,8)9)11-4(10)12-2/h1H2,(H2,10,11). The van der Waals surface area contributed by atoms with Crippen LogP contribution in [-0.4, -0.2) is 4.98 Å². The van der Waals surface area contributed by atoms with Crippen molar-refractivity contribution < 1.29 is 13.2 Å². The number of thiazole rings is 1. The Morgan fingerprint density at radius 2 is 2.08 bits per heavy atom. The van der Waals surface area contributed by atoms with Gasteiger partial charge in [0.15, 0.2) is 10.8 Å². The molecule has 0 bridgehead atoms. The molecule has 7 heteroatoms. The number of hydrogen-bond acceptors (Lipinski definition) is 3. The van der Waals surface area contributed by atoms with Gasteiger partial charge in [-0.25, -0.2) is 4.98 Å². The Labute approximate surface area is 75.2 Å². The molecule has 0 unspecified atom stereocenters. The minimum Gasteiger partial charge on any atom is -0.375 e. The van der Waals surface area contributed by atoms with E-state index in [1.807, 2.05) is 0 Å². The van der Waals surface area contributed by atoms with Gasteiger partial charge in [0.2, 0.25) is 0 Å². The van der Waals surface area contributed by atoms with Crippen LogP contribution in [0.4, 0.5) is 18.3 Å². The molecule has 0 amide bonds. The Bertz CT molecular complexity index is 283. The first-order valence-electron chi connectivity index (χ1n) is 2.83. The van der Waals surface area contributed by atoms with Crippen LogP contribution in [0.5, 0.6) is 0 Å².